The van der Waals surface area contributed by atoms with Gasteiger partial charge in [-0.05, 0) is 38.8 Å². The third-order valence-corrected chi connectivity index (χ3v) is 4.07. The van der Waals surface area contributed by atoms with Gasteiger partial charge in [0.15, 0.2) is 0 Å². The molecule has 4 nitrogen and oxygen atoms in total. The molecule has 1 aromatic carbocycles. The maximum absolute atomic E-state index is 5.85. The van der Waals surface area contributed by atoms with Crippen LogP contribution in [0.5, 0.6) is 5.75 Å². The summed E-state index contributed by atoms with van der Waals surface area (Å²) in [6.07, 6.45) is 3.59. The van der Waals surface area contributed by atoms with E-state index in [1.807, 2.05) is 0 Å². The summed E-state index contributed by atoms with van der Waals surface area (Å²) in [6.45, 7) is 6.77. The Kier molecular flexibility index (Phi) is 6.49. The number of hydrogen-bond acceptors (Lipinski definition) is 4. The van der Waals surface area contributed by atoms with Gasteiger partial charge in [0.2, 0.25) is 0 Å². The lowest BCUT2D eigenvalue weighted by atomic mass is 10.1. The predicted molar refractivity (Wildman–Crippen MR) is 85.7 cm³/mol. The van der Waals surface area contributed by atoms with Gasteiger partial charge >= 0.3 is 0 Å². The minimum atomic E-state index is 0.409. The second kappa shape index (κ2) is 8.37. The van der Waals surface area contributed by atoms with Crippen molar-refractivity contribution in [2.45, 2.75) is 38.8 Å². The van der Waals surface area contributed by atoms with Gasteiger partial charge in [0.1, 0.15) is 5.75 Å². The lowest BCUT2D eigenvalue weighted by Crippen LogP contribution is -2.36. The Bertz CT molecular complexity index is 429. The van der Waals surface area contributed by atoms with E-state index in [9.17, 15) is 0 Å². The van der Waals surface area contributed by atoms with E-state index < -0.39 is 0 Å². The number of nitrogens with zero attached hydrogens (tertiary/aromatic N) is 1. The summed E-state index contributed by atoms with van der Waals surface area (Å²) in [5.41, 5.74) is 8.05. The average molecular weight is 292 g/mol. The van der Waals surface area contributed by atoms with Crippen LogP contribution in [0, 0.1) is 6.92 Å². The Labute approximate surface area is 128 Å². The summed E-state index contributed by atoms with van der Waals surface area (Å²) in [5.74, 6) is 0.988. The van der Waals surface area contributed by atoms with Gasteiger partial charge in [0.25, 0.3) is 0 Å². The van der Waals surface area contributed by atoms with Crippen LogP contribution in [-0.2, 0) is 11.3 Å². The summed E-state index contributed by atoms with van der Waals surface area (Å²) in [4.78, 5) is 2.49. The molecule has 1 aliphatic rings. The largest absolute Gasteiger partial charge is 0.496 e. The molecule has 21 heavy (non-hydrogen) atoms. The maximum Gasteiger partial charge on any atom is 0.123 e. The summed E-state index contributed by atoms with van der Waals surface area (Å²) in [5, 5.41) is 0. The Balaban J connectivity index is 1.82. The van der Waals surface area contributed by atoms with Crippen LogP contribution >= 0.6 is 0 Å². The number of rotatable bonds is 7. The molecule has 1 heterocycles. The smallest absolute Gasteiger partial charge is 0.123 e. The standard InChI is InChI=1S/C17H28N2O2/c1-14-4-5-17(20-2)15(12-14)13-19-9-6-16(7-10-19)21-11-3-8-18/h4-5,12,16H,3,6-11,13,18H2,1-2H3. The van der Waals surface area contributed by atoms with Crippen LogP contribution < -0.4 is 10.5 Å². The zero-order valence-corrected chi connectivity index (χ0v) is 13.3. The van der Waals surface area contributed by atoms with E-state index in [1.54, 1.807) is 7.11 Å². The fraction of sp³-hybridized carbons (Fsp3) is 0.647. The number of benzene rings is 1. The van der Waals surface area contributed by atoms with Crippen molar-refractivity contribution in [1.29, 1.82) is 0 Å². The van der Waals surface area contributed by atoms with Crippen LogP contribution in [0.1, 0.15) is 30.4 Å². The van der Waals surface area contributed by atoms with Crippen molar-refractivity contribution in [2.75, 3.05) is 33.4 Å². The topological polar surface area (TPSA) is 47.7 Å². The van der Waals surface area contributed by atoms with Crippen molar-refractivity contribution in [3.63, 3.8) is 0 Å². The van der Waals surface area contributed by atoms with Crippen LogP contribution in [0.4, 0.5) is 0 Å². The van der Waals surface area contributed by atoms with Gasteiger partial charge in [0, 0.05) is 31.8 Å². The number of aryl methyl sites for hydroxylation is 1. The number of methoxy groups -OCH3 is 1. The van der Waals surface area contributed by atoms with Crippen molar-refractivity contribution in [3.05, 3.63) is 29.3 Å². The molecule has 0 bridgehead atoms. The predicted octanol–water partition coefficient (Wildman–Crippen LogP) is 2.33. The highest BCUT2D eigenvalue weighted by Gasteiger charge is 2.20. The molecule has 2 rings (SSSR count). The quantitative estimate of drug-likeness (QED) is 0.784. The Morgan fingerprint density at radius 2 is 2.05 bits per heavy atom. The normalized spacial score (nSPS) is 17.1. The summed E-state index contributed by atoms with van der Waals surface area (Å²) < 4.78 is 11.3. The second-order valence-electron chi connectivity index (χ2n) is 5.80. The minimum absolute atomic E-state index is 0.409. The van der Waals surface area contributed by atoms with Gasteiger partial charge in [-0.2, -0.15) is 0 Å². The fourth-order valence-electron chi connectivity index (χ4n) is 2.84. The van der Waals surface area contributed by atoms with Crippen LogP contribution in [0.2, 0.25) is 0 Å². The van der Waals surface area contributed by atoms with Crippen molar-refractivity contribution in [1.82, 2.24) is 4.90 Å². The molecule has 0 atom stereocenters. The first-order valence-corrected chi connectivity index (χ1v) is 7.90. The Hall–Kier alpha value is -1.10. The third-order valence-electron chi connectivity index (χ3n) is 4.07. The van der Waals surface area contributed by atoms with E-state index in [1.165, 1.54) is 11.1 Å². The summed E-state index contributed by atoms with van der Waals surface area (Å²) in [7, 11) is 1.74. The van der Waals surface area contributed by atoms with Crippen LogP contribution in [-0.4, -0.2) is 44.4 Å². The average Bonchev–Trinajstić information content (AvgIpc) is 2.50. The van der Waals surface area contributed by atoms with Gasteiger partial charge < -0.3 is 15.2 Å². The first kappa shape index (κ1) is 16.3. The molecule has 4 heteroatoms. The van der Waals surface area contributed by atoms with E-state index in [0.29, 0.717) is 12.6 Å². The molecule has 1 fully saturated rings. The highest BCUT2D eigenvalue weighted by atomic mass is 16.5. The van der Waals surface area contributed by atoms with E-state index >= 15 is 0 Å². The summed E-state index contributed by atoms with van der Waals surface area (Å²) >= 11 is 0. The molecule has 1 aromatic rings. The molecule has 0 amide bonds. The summed E-state index contributed by atoms with van der Waals surface area (Å²) in [6, 6.07) is 6.38. The Morgan fingerprint density at radius 3 is 2.71 bits per heavy atom. The van der Waals surface area contributed by atoms with Crippen LogP contribution in [0.25, 0.3) is 0 Å². The molecule has 0 saturated carbocycles. The lowest BCUT2D eigenvalue weighted by molar-refractivity contribution is 0.00552. The van der Waals surface area contributed by atoms with Gasteiger partial charge in [-0.3, -0.25) is 4.90 Å². The van der Waals surface area contributed by atoms with Crippen molar-refractivity contribution >= 4 is 0 Å². The molecule has 0 unspecified atom stereocenters. The fourth-order valence-corrected chi connectivity index (χ4v) is 2.84. The minimum Gasteiger partial charge on any atom is -0.496 e. The highest BCUT2D eigenvalue weighted by molar-refractivity contribution is 5.36. The first-order chi connectivity index (χ1) is 10.2. The zero-order valence-electron chi connectivity index (χ0n) is 13.3. The molecule has 0 spiro atoms. The van der Waals surface area contributed by atoms with E-state index in [4.69, 9.17) is 15.2 Å². The Morgan fingerprint density at radius 1 is 1.29 bits per heavy atom. The SMILES string of the molecule is COc1ccc(C)cc1CN1CCC(OCCCN)CC1. The van der Waals surface area contributed by atoms with Gasteiger partial charge in [-0.15, -0.1) is 0 Å². The molecule has 2 N–H and O–H groups in total. The van der Waals surface area contributed by atoms with E-state index in [-0.39, 0.29) is 0 Å². The van der Waals surface area contributed by atoms with Crippen molar-refractivity contribution in [2.24, 2.45) is 5.73 Å². The number of nitrogens with two attached hydrogens (primary N) is 1. The molecule has 1 aliphatic heterocycles. The van der Waals surface area contributed by atoms with E-state index in [0.717, 1.165) is 51.3 Å². The first-order valence-electron chi connectivity index (χ1n) is 7.90. The number of ether oxygens (including phenoxy) is 2. The molecule has 0 aromatic heterocycles. The monoisotopic (exact) mass is 292 g/mol. The number of piperidine rings is 1. The van der Waals surface area contributed by atoms with Gasteiger partial charge in [0.05, 0.1) is 13.2 Å². The lowest BCUT2D eigenvalue weighted by Gasteiger charge is -2.32. The van der Waals surface area contributed by atoms with Gasteiger partial charge in [-0.25, -0.2) is 0 Å². The van der Waals surface area contributed by atoms with Crippen LogP contribution in [0.15, 0.2) is 18.2 Å². The van der Waals surface area contributed by atoms with Crippen molar-refractivity contribution < 1.29 is 9.47 Å². The maximum atomic E-state index is 5.85. The van der Waals surface area contributed by atoms with Crippen molar-refractivity contribution in [3.8, 4) is 5.75 Å². The zero-order chi connectivity index (χ0) is 15.1. The highest BCUT2D eigenvalue weighted by Crippen LogP contribution is 2.23. The van der Waals surface area contributed by atoms with Crippen LogP contribution in [0.3, 0.4) is 0 Å². The molecular formula is C17H28N2O2. The second-order valence-corrected chi connectivity index (χ2v) is 5.80. The number of hydrogen-bond donors (Lipinski definition) is 1. The molecule has 0 radical (unpaired) electrons. The molecule has 0 aliphatic carbocycles. The molecule has 118 valence electrons. The third kappa shape index (κ3) is 4.99. The van der Waals surface area contributed by atoms with E-state index in [2.05, 4.69) is 30.0 Å². The van der Waals surface area contributed by atoms with Gasteiger partial charge in [-0.1, -0.05) is 17.7 Å². The molecular weight excluding hydrogens is 264 g/mol. The number of likely N-dealkylation sites (tertiary alicyclic amines) is 1. The molecule has 1 saturated heterocycles.